The molecule has 4 N–H and O–H groups in total. The molecule has 11 nitrogen and oxygen atoms in total. The number of rotatable bonds is 5. The van der Waals surface area contributed by atoms with Crippen molar-refractivity contribution in [2.24, 2.45) is 0 Å². The number of ether oxygens (including phenoxy) is 1. The molecule has 5 rings (SSSR count). The van der Waals surface area contributed by atoms with Crippen molar-refractivity contribution in [2.45, 2.75) is 6.54 Å². The first kappa shape index (κ1) is 23.2. The number of morpholine rings is 1. The standard InChI is InChI=1S/C21H28N8O3S2/c1-34(30,31)29-4-2-27(3-5-29)13-15-12-16-19(33-15)21(28-6-8-32-9-7-28)26-20(24-16)14-10-17(22)25-18(23)11-14/h10-12H,2-9,13H2,1H3,(H4,22,23,25). The van der Waals surface area contributed by atoms with Crippen molar-refractivity contribution < 1.29 is 13.2 Å². The fraction of sp³-hybridized carbons (Fsp3) is 0.476. The number of aromatic nitrogens is 3. The number of sulfonamides is 1. The lowest BCUT2D eigenvalue weighted by Crippen LogP contribution is -2.47. The molecular weight excluding hydrogens is 476 g/mol. The smallest absolute Gasteiger partial charge is 0.211 e. The molecule has 182 valence electrons. The third-order valence-electron chi connectivity index (χ3n) is 6.02. The maximum Gasteiger partial charge on any atom is 0.211 e. The molecule has 0 aliphatic carbocycles. The van der Waals surface area contributed by atoms with E-state index in [4.69, 9.17) is 26.2 Å². The summed E-state index contributed by atoms with van der Waals surface area (Å²) in [5, 5.41) is 0. The number of nitrogen functional groups attached to an aromatic ring is 2. The lowest BCUT2D eigenvalue weighted by atomic mass is 10.2. The quantitative estimate of drug-likeness (QED) is 0.513. The maximum absolute atomic E-state index is 11.8. The number of anilines is 3. The highest BCUT2D eigenvalue weighted by molar-refractivity contribution is 7.88. The number of pyridine rings is 1. The average Bonchev–Trinajstić information content (AvgIpc) is 3.20. The molecule has 2 aliphatic rings. The second kappa shape index (κ2) is 9.23. The van der Waals surface area contributed by atoms with Gasteiger partial charge in [-0.05, 0) is 18.2 Å². The lowest BCUT2D eigenvalue weighted by molar-refractivity contribution is 0.122. The number of hydrogen-bond acceptors (Lipinski definition) is 11. The van der Waals surface area contributed by atoms with Crippen LogP contribution >= 0.6 is 11.3 Å². The molecular formula is C21H28N8O3S2. The zero-order valence-electron chi connectivity index (χ0n) is 19.0. The Morgan fingerprint density at radius 3 is 2.29 bits per heavy atom. The molecule has 2 saturated heterocycles. The van der Waals surface area contributed by atoms with Gasteiger partial charge in [0.05, 0.1) is 29.7 Å². The summed E-state index contributed by atoms with van der Waals surface area (Å²) < 4.78 is 31.7. The summed E-state index contributed by atoms with van der Waals surface area (Å²) in [6, 6.07) is 5.57. The Hall–Kier alpha value is -2.58. The Bertz CT molecular complexity index is 1280. The minimum Gasteiger partial charge on any atom is -0.384 e. The summed E-state index contributed by atoms with van der Waals surface area (Å²) in [5.41, 5.74) is 13.4. The van der Waals surface area contributed by atoms with Crippen LogP contribution in [0.3, 0.4) is 0 Å². The molecule has 3 aromatic heterocycles. The van der Waals surface area contributed by atoms with Crippen LogP contribution in [0.4, 0.5) is 17.5 Å². The van der Waals surface area contributed by atoms with E-state index in [1.165, 1.54) is 10.6 Å². The Morgan fingerprint density at radius 2 is 1.65 bits per heavy atom. The molecule has 0 saturated carbocycles. The lowest BCUT2D eigenvalue weighted by Gasteiger charge is -2.32. The highest BCUT2D eigenvalue weighted by Gasteiger charge is 2.25. The van der Waals surface area contributed by atoms with Crippen molar-refractivity contribution in [3.05, 3.63) is 23.1 Å². The molecule has 3 aromatic rings. The normalized spacial score (nSPS) is 18.6. The van der Waals surface area contributed by atoms with E-state index in [-0.39, 0.29) is 0 Å². The fourth-order valence-electron chi connectivity index (χ4n) is 4.30. The van der Waals surface area contributed by atoms with Crippen molar-refractivity contribution >= 4 is 49.0 Å². The van der Waals surface area contributed by atoms with E-state index >= 15 is 0 Å². The zero-order valence-corrected chi connectivity index (χ0v) is 20.6. The van der Waals surface area contributed by atoms with Gasteiger partial charge in [-0.3, -0.25) is 4.90 Å². The highest BCUT2D eigenvalue weighted by atomic mass is 32.2. The summed E-state index contributed by atoms with van der Waals surface area (Å²) in [6.07, 6.45) is 1.27. The third-order valence-corrected chi connectivity index (χ3v) is 8.43. The minimum atomic E-state index is -3.15. The number of thiophene rings is 1. The van der Waals surface area contributed by atoms with Crippen LogP contribution in [0.15, 0.2) is 18.2 Å². The molecule has 0 radical (unpaired) electrons. The van der Waals surface area contributed by atoms with Gasteiger partial charge in [-0.15, -0.1) is 11.3 Å². The number of hydrogen-bond donors (Lipinski definition) is 2. The van der Waals surface area contributed by atoms with Crippen LogP contribution in [0, 0.1) is 0 Å². The number of piperazine rings is 1. The van der Waals surface area contributed by atoms with Crippen molar-refractivity contribution in [3.8, 4) is 11.4 Å². The first-order chi connectivity index (χ1) is 16.3. The number of nitrogens with zero attached hydrogens (tertiary/aromatic N) is 6. The van der Waals surface area contributed by atoms with Crippen molar-refractivity contribution in [1.29, 1.82) is 0 Å². The Labute approximate surface area is 202 Å². The molecule has 2 fully saturated rings. The van der Waals surface area contributed by atoms with E-state index in [1.54, 1.807) is 23.5 Å². The topological polar surface area (TPSA) is 144 Å². The first-order valence-electron chi connectivity index (χ1n) is 11.1. The Morgan fingerprint density at radius 1 is 0.971 bits per heavy atom. The molecule has 13 heteroatoms. The van der Waals surface area contributed by atoms with Gasteiger partial charge in [-0.1, -0.05) is 0 Å². The summed E-state index contributed by atoms with van der Waals surface area (Å²) in [6.45, 7) is 5.98. The van der Waals surface area contributed by atoms with Gasteiger partial charge in [0, 0.05) is 56.3 Å². The Balaban J connectivity index is 1.47. The third kappa shape index (κ3) is 4.93. The number of nitrogens with two attached hydrogens (primary N) is 2. The fourth-order valence-corrected chi connectivity index (χ4v) is 6.29. The number of fused-ring (bicyclic) bond motifs is 1. The Kier molecular flexibility index (Phi) is 6.29. The summed E-state index contributed by atoms with van der Waals surface area (Å²) in [7, 11) is -3.15. The van der Waals surface area contributed by atoms with E-state index in [1.807, 2.05) is 0 Å². The molecule has 2 aliphatic heterocycles. The molecule has 34 heavy (non-hydrogen) atoms. The van der Waals surface area contributed by atoms with Gasteiger partial charge in [0.25, 0.3) is 0 Å². The molecule has 0 amide bonds. The van der Waals surface area contributed by atoms with Gasteiger partial charge in [0.1, 0.15) is 11.6 Å². The summed E-state index contributed by atoms with van der Waals surface area (Å²) in [5.74, 6) is 2.09. The van der Waals surface area contributed by atoms with E-state index in [0.717, 1.165) is 46.1 Å². The molecule has 0 spiro atoms. The molecule has 0 atom stereocenters. The van der Waals surface area contributed by atoms with Crippen LogP contribution in [-0.2, 0) is 21.3 Å². The van der Waals surface area contributed by atoms with Crippen LogP contribution in [0.5, 0.6) is 0 Å². The second-order valence-electron chi connectivity index (χ2n) is 8.54. The largest absolute Gasteiger partial charge is 0.384 e. The zero-order chi connectivity index (χ0) is 23.9. The van der Waals surface area contributed by atoms with Crippen molar-refractivity contribution in [1.82, 2.24) is 24.2 Å². The maximum atomic E-state index is 11.8. The van der Waals surface area contributed by atoms with Gasteiger partial charge >= 0.3 is 0 Å². The van der Waals surface area contributed by atoms with Crippen LogP contribution in [-0.4, -0.2) is 91.3 Å². The SMILES string of the molecule is CS(=O)(=O)N1CCN(Cc2cc3nc(-c4cc(N)nc(N)c4)nc(N4CCOCC4)c3s2)CC1. The highest BCUT2D eigenvalue weighted by Crippen LogP contribution is 2.35. The van der Waals surface area contributed by atoms with E-state index in [0.29, 0.717) is 56.9 Å². The van der Waals surface area contributed by atoms with Crippen LogP contribution < -0.4 is 16.4 Å². The van der Waals surface area contributed by atoms with Gasteiger partial charge in [-0.25, -0.2) is 23.4 Å². The van der Waals surface area contributed by atoms with Crippen molar-refractivity contribution in [2.75, 3.05) is 75.1 Å². The molecule has 0 bridgehead atoms. The van der Waals surface area contributed by atoms with E-state index < -0.39 is 10.0 Å². The summed E-state index contributed by atoms with van der Waals surface area (Å²) in [4.78, 5) is 19.5. The molecule has 5 heterocycles. The second-order valence-corrected chi connectivity index (χ2v) is 11.7. The molecule has 0 aromatic carbocycles. The first-order valence-corrected chi connectivity index (χ1v) is 13.8. The predicted molar refractivity (Wildman–Crippen MR) is 134 cm³/mol. The van der Waals surface area contributed by atoms with Crippen LogP contribution in [0.2, 0.25) is 0 Å². The van der Waals surface area contributed by atoms with E-state index in [2.05, 4.69) is 20.9 Å². The van der Waals surface area contributed by atoms with Gasteiger partial charge < -0.3 is 21.1 Å². The van der Waals surface area contributed by atoms with E-state index in [9.17, 15) is 8.42 Å². The van der Waals surface area contributed by atoms with Gasteiger partial charge in [0.2, 0.25) is 10.0 Å². The minimum absolute atomic E-state index is 0.325. The van der Waals surface area contributed by atoms with Crippen LogP contribution in [0.25, 0.3) is 21.6 Å². The monoisotopic (exact) mass is 504 g/mol. The predicted octanol–water partition coefficient (Wildman–Crippen LogP) is 0.832. The molecule has 0 unspecified atom stereocenters. The average molecular weight is 505 g/mol. The summed E-state index contributed by atoms with van der Waals surface area (Å²) >= 11 is 1.69. The van der Waals surface area contributed by atoms with Crippen molar-refractivity contribution in [3.63, 3.8) is 0 Å². The van der Waals surface area contributed by atoms with Gasteiger partial charge in [-0.2, -0.15) is 4.31 Å². The van der Waals surface area contributed by atoms with Crippen LogP contribution in [0.1, 0.15) is 4.88 Å². The van der Waals surface area contributed by atoms with Gasteiger partial charge in [0.15, 0.2) is 11.6 Å².